The van der Waals surface area contributed by atoms with Crippen LogP contribution in [0.1, 0.15) is 144 Å². The van der Waals surface area contributed by atoms with Crippen LogP contribution in [0.5, 0.6) is 0 Å². The van der Waals surface area contributed by atoms with Crippen LogP contribution in [0, 0.1) is 10.8 Å². The molecular formula is C71H86N10O6. The lowest BCUT2D eigenvalue weighted by atomic mass is 9.84. The molecule has 0 radical (unpaired) electrons. The Bertz CT molecular complexity index is 3480. The molecule has 0 bridgehead atoms. The number of carbonyl (C=O) groups is 5. The molecule has 456 valence electrons. The number of aromatic nitrogens is 4. The molecule has 0 saturated heterocycles. The van der Waals surface area contributed by atoms with Crippen molar-refractivity contribution in [3.63, 3.8) is 0 Å². The first kappa shape index (κ1) is 65.4. The van der Waals surface area contributed by atoms with Crippen LogP contribution in [0.3, 0.4) is 0 Å². The van der Waals surface area contributed by atoms with E-state index in [1.807, 2.05) is 162 Å². The number of hydrogen-bond donors (Lipinski definition) is 4. The zero-order valence-electron chi connectivity index (χ0n) is 51.8. The van der Waals surface area contributed by atoms with Crippen LogP contribution in [-0.2, 0) is 27.4 Å². The van der Waals surface area contributed by atoms with Crippen molar-refractivity contribution in [2.75, 3.05) is 13.1 Å². The van der Waals surface area contributed by atoms with E-state index in [2.05, 4.69) is 86.5 Å². The van der Waals surface area contributed by atoms with Crippen molar-refractivity contribution in [1.82, 2.24) is 34.2 Å². The molecule has 0 fully saturated rings. The molecule has 2 aromatic heterocycles. The molecule has 8 aromatic rings. The molecule has 6 aromatic carbocycles. The van der Waals surface area contributed by atoms with Crippen LogP contribution >= 0.6 is 0 Å². The van der Waals surface area contributed by atoms with Crippen LogP contribution in [0.25, 0.3) is 22.5 Å². The number of amides is 5. The fourth-order valence-corrected chi connectivity index (χ4v) is 10.7. The van der Waals surface area contributed by atoms with Gasteiger partial charge in [-0.05, 0) is 79.8 Å². The molecule has 7 N–H and O–H groups in total. The van der Waals surface area contributed by atoms with Gasteiger partial charge in [-0.3, -0.25) is 19.2 Å². The monoisotopic (exact) mass is 1170 g/mol. The summed E-state index contributed by atoms with van der Waals surface area (Å²) in [5, 5.41) is 2.81. The standard InChI is InChI=1S/C38H47N5O4.C33H39N5O2/c1-37(2,3)33(34-41-31(28-18-12-8-13-19-28)26-42(34)25-27-16-10-7-11-17-27)43(35(45)29-20-14-9-15-21-29)23-22-30(24-32(39)44)40-36(46)47-38(4,5)6;1-33(2,3)30(38(20-19-27(34)21-29(35)39)32(40)26-17-11-6-12-18-26)31-36-28(25-15-9-5-10-16-25)23-37(31)22-24-13-7-4-8-14-24/h7-21,26,30,33H,22-25H2,1-6H3,(H2,39,44)(H,40,46);4-18,23,27,30H,19-22,34H2,1-3H3,(H2,35,39)/t30-,33+;27-,30+/m11/s1. The van der Waals surface area contributed by atoms with E-state index in [-0.39, 0.29) is 49.1 Å². The Balaban J connectivity index is 0.000000252. The zero-order valence-corrected chi connectivity index (χ0v) is 51.8. The van der Waals surface area contributed by atoms with Gasteiger partial charge in [0.2, 0.25) is 11.8 Å². The number of carbonyl (C=O) groups excluding carboxylic acids is 5. The van der Waals surface area contributed by atoms with Gasteiger partial charge in [-0.2, -0.15) is 0 Å². The van der Waals surface area contributed by atoms with Crippen LogP contribution in [0.15, 0.2) is 194 Å². The van der Waals surface area contributed by atoms with Gasteiger partial charge in [-0.15, -0.1) is 0 Å². The average Bonchev–Trinajstić information content (AvgIpc) is 1.92. The first-order chi connectivity index (χ1) is 41.3. The topological polar surface area (TPSA) is 227 Å². The van der Waals surface area contributed by atoms with E-state index < -0.39 is 47.0 Å². The van der Waals surface area contributed by atoms with E-state index in [1.54, 1.807) is 32.9 Å². The number of rotatable bonds is 23. The summed E-state index contributed by atoms with van der Waals surface area (Å²) >= 11 is 0. The second-order valence-electron chi connectivity index (χ2n) is 25.2. The molecule has 87 heavy (non-hydrogen) atoms. The fourth-order valence-electron chi connectivity index (χ4n) is 10.7. The predicted molar refractivity (Wildman–Crippen MR) is 344 cm³/mol. The molecule has 0 spiro atoms. The summed E-state index contributed by atoms with van der Waals surface area (Å²) in [5.41, 5.74) is 22.7. The van der Waals surface area contributed by atoms with Crippen molar-refractivity contribution in [2.24, 2.45) is 28.0 Å². The summed E-state index contributed by atoms with van der Waals surface area (Å²) in [4.78, 5) is 79.1. The maximum Gasteiger partial charge on any atom is 0.407 e. The zero-order chi connectivity index (χ0) is 62.9. The van der Waals surface area contributed by atoms with Gasteiger partial charge in [0.25, 0.3) is 11.8 Å². The molecule has 0 unspecified atom stereocenters. The van der Waals surface area contributed by atoms with E-state index in [0.29, 0.717) is 37.2 Å². The Kier molecular flexibility index (Phi) is 22.4. The van der Waals surface area contributed by atoms with Crippen molar-refractivity contribution < 1.29 is 28.7 Å². The van der Waals surface area contributed by atoms with Gasteiger partial charge in [0.05, 0.1) is 23.5 Å². The molecule has 0 saturated carbocycles. The van der Waals surface area contributed by atoms with Gasteiger partial charge < -0.3 is 46.2 Å². The summed E-state index contributed by atoms with van der Waals surface area (Å²) in [6.07, 6.45) is 4.12. The number of alkyl carbamates (subject to hydrolysis) is 1. The highest BCUT2D eigenvalue weighted by Gasteiger charge is 2.41. The van der Waals surface area contributed by atoms with E-state index in [9.17, 15) is 24.0 Å². The number of hydrogen-bond acceptors (Lipinski definition) is 9. The van der Waals surface area contributed by atoms with E-state index in [4.69, 9.17) is 31.9 Å². The highest BCUT2D eigenvalue weighted by atomic mass is 16.6. The lowest BCUT2D eigenvalue weighted by molar-refractivity contribution is -0.119. The molecule has 16 heteroatoms. The second-order valence-corrected chi connectivity index (χ2v) is 25.2. The van der Waals surface area contributed by atoms with Gasteiger partial charge in [-0.1, -0.05) is 199 Å². The third-order valence-corrected chi connectivity index (χ3v) is 14.6. The van der Waals surface area contributed by atoms with Crippen molar-refractivity contribution in [2.45, 2.75) is 131 Å². The summed E-state index contributed by atoms with van der Waals surface area (Å²) in [6.45, 7) is 19.7. The highest BCUT2D eigenvalue weighted by Crippen LogP contribution is 2.42. The first-order valence-corrected chi connectivity index (χ1v) is 29.7. The minimum atomic E-state index is -0.722. The minimum Gasteiger partial charge on any atom is -0.444 e. The summed E-state index contributed by atoms with van der Waals surface area (Å²) in [7, 11) is 0. The smallest absolute Gasteiger partial charge is 0.407 e. The van der Waals surface area contributed by atoms with Gasteiger partial charge in [0.15, 0.2) is 0 Å². The van der Waals surface area contributed by atoms with Crippen molar-refractivity contribution in [3.8, 4) is 22.5 Å². The third-order valence-electron chi connectivity index (χ3n) is 14.6. The molecule has 4 atom stereocenters. The van der Waals surface area contributed by atoms with E-state index in [1.165, 1.54) is 0 Å². The molecule has 8 rings (SSSR count). The Hall–Kier alpha value is -9.15. The third kappa shape index (κ3) is 19.2. The number of nitrogens with two attached hydrogens (primary N) is 3. The number of primary amides is 2. The Morgan fingerprint density at radius 2 is 0.839 bits per heavy atom. The lowest BCUT2D eigenvalue weighted by Gasteiger charge is -2.40. The summed E-state index contributed by atoms with van der Waals surface area (Å²) < 4.78 is 9.74. The van der Waals surface area contributed by atoms with Gasteiger partial charge >= 0.3 is 6.09 Å². The van der Waals surface area contributed by atoms with Gasteiger partial charge in [0.1, 0.15) is 17.2 Å². The Morgan fingerprint density at radius 1 is 0.494 bits per heavy atom. The number of ether oxygens (including phenoxy) is 1. The molecule has 0 aliphatic carbocycles. The average molecular weight is 1180 g/mol. The molecular weight excluding hydrogens is 1090 g/mol. The Morgan fingerprint density at radius 3 is 1.18 bits per heavy atom. The maximum absolute atomic E-state index is 14.5. The number of nitrogens with zero attached hydrogens (tertiary/aromatic N) is 6. The highest BCUT2D eigenvalue weighted by molar-refractivity contribution is 5.95. The predicted octanol–water partition coefficient (Wildman–Crippen LogP) is 12.4. The summed E-state index contributed by atoms with van der Waals surface area (Å²) in [5.74, 6) is 0.217. The summed E-state index contributed by atoms with van der Waals surface area (Å²) in [6, 6.07) is 56.8. The maximum atomic E-state index is 14.5. The number of benzene rings is 6. The molecule has 5 amide bonds. The molecule has 0 aliphatic heterocycles. The van der Waals surface area contributed by atoms with E-state index >= 15 is 0 Å². The largest absolute Gasteiger partial charge is 0.444 e. The Labute approximate surface area is 513 Å². The second kappa shape index (κ2) is 29.8. The number of imidazole rings is 2. The van der Waals surface area contributed by atoms with Gasteiger partial charge in [-0.25, -0.2) is 14.8 Å². The quantitative estimate of drug-likeness (QED) is 0.0477. The van der Waals surface area contributed by atoms with Gasteiger partial charge in [0, 0.05) is 85.8 Å². The molecule has 16 nitrogen and oxygen atoms in total. The normalized spacial score (nSPS) is 13.0. The molecule has 0 aliphatic rings. The molecule has 2 heterocycles. The van der Waals surface area contributed by atoms with Crippen LogP contribution in [-0.4, -0.2) is 89.4 Å². The van der Waals surface area contributed by atoms with Crippen LogP contribution < -0.4 is 22.5 Å². The van der Waals surface area contributed by atoms with Crippen LogP contribution in [0.2, 0.25) is 0 Å². The minimum absolute atomic E-state index is 0.0638. The van der Waals surface area contributed by atoms with Crippen LogP contribution in [0.4, 0.5) is 4.79 Å². The SMILES string of the molecule is CC(C)(C)OC(=O)N[C@H](CCN(C(=O)c1ccccc1)[C@@H](c1nc(-c2ccccc2)cn1Cc1ccccc1)C(C)(C)C)CC(N)=O.CC(C)(C)[C@H](c1nc(-c2ccccc2)cn1Cc1ccccc1)N(CC[C@@H](N)CC(N)=O)C(=O)c1ccccc1. The van der Waals surface area contributed by atoms with Crippen molar-refractivity contribution in [1.29, 1.82) is 0 Å². The lowest BCUT2D eigenvalue weighted by Crippen LogP contribution is -2.46. The van der Waals surface area contributed by atoms with E-state index in [0.717, 1.165) is 45.3 Å². The van der Waals surface area contributed by atoms with Crippen molar-refractivity contribution in [3.05, 3.63) is 228 Å². The van der Waals surface area contributed by atoms with Crippen molar-refractivity contribution >= 4 is 29.7 Å². The first-order valence-electron chi connectivity index (χ1n) is 29.7. The number of nitrogens with one attached hydrogen (secondary N) is 1. The fraction of sp³-hybridized carbons (Fsp3) is 0.338.